The summed E-state index contributed by atoms with van der Waals surface area (Å²) in [6.45, 7) is 17.0. The van der Waals surface area contributed by atoms with Gasteiger partial charge in [-0.1, -0.05) is 6.92 Å². The van der Waals surface area contributed by atoms with Gasteiger partial charge in [0.25, 0.3) is 0 Å². The van der Waals surface area contributed by atoms with Crippen molar-refractivity contribution in [3.63, 3.8) is 0 Å². The number of hydrogen-bond donors (Lipinski definition) is 0. The van der Waals surface area contributed by atoms with Crippen LogP contribution in [-0.4, -0.2) is 35.5 Å². The van der Waals surface area contributed by atoms with Crippen molar-refractivity contribution in [1.29, 1.82) is 0 Å². The van der Waals surface area contributed by atoms with Gasteiger partial charge >= 0.3 is 0 Å². The van der Waals surface area contributed by atoms with Crippen LogP contribution in [0.4, 0.5) is 0 Å². The maximum Gasteiger partial charge on any atom is 0.218 e. The van der Waals surface area contributed by atoms with Crippen LogP contribution in [0.25, 0.3) is 0 Å². The largest absolute Gasteiger partial charge is 0.345 e. The molecule has 2 atom stereocenters. The molecule has 112 valence electrons. The van der Waals surface area contributed by atoms with Crippen molar-refractivity contribution in [2.24, 2.45) is 5.92 Å². The standard InChI is InChI=1S/C15H28O4/c1-10-9-16-15(8,19-12(10,2)3)11-17-13(4,5)14(6,7)18-11/h10-11H,9H2,1-8H3. The fourth-order valence-electron chi connectivity index (χ4n) is 2.32. The quantitative estimate of drug-likeness (QED) is 0.735. The van der Waals surface area contributed by atoms with E-state index in [4.69, 9.17) is 18.9 Å². The number of ether oxygens (including phenoxy) is 4. The summed E-state index contributed by atoms with van der Waals surface area (Å²) >= 11 is 0. The van der Waals surface area contributed by atoms with E-state index in [9.17, 15) is 0 Å². The predicted molar refractivity (Wildman–Crippen MR) is 72.8 cm³/mol. The van der Waals surface area contributed by atoms with E-state index in [2.05, 4.69) is 20.8 Å². The predicted octanol–water partition coefficient (Wildman–Crippen LogP) is 3.09. The van der Waals surface area contributed by atoms with Crippen molar-refractivity contribution in [3.8, 4) is 0 Å². The normalized spacial score (nSPS) is 41.4. The molecule has 19 heavy (non-hydrogen) atoms. The van der Waals surface area contributed by atoms with Gasteiger partial charge in [-0.15, -0.1) is 0 Å². The molecule has 0 aromatic rings. The Hall–Kier alpha value is -0.160. The molecule has 0 radical (unpaired) electrons. The van der Waals surface area contributed by atoms with Gasteiger partial charge in [-0.05, 0) is 48.5 Å². The minimum Gasteiger partial charge on any atom is -0.345 e. The lowest BCUT2D eigenvalue weighted by Gasteiger charge is -2.48. The monoisotopic (exact) mass is 272 g/mol. The average molecular weight is 272 g/mol. The summed E-state index contributed by atoms with van der Waals surface area (Å²) in [6, 6.07) is 0. The topological polar surface area (TPSA) is 36.9 Å². The highest BCUT2D eigenvalue weighted by Crippen LogP contribution is 2.46. The fourth-order valence-corrected chi connectivity index (χ4v) is 2.32. The van der Waals surface area contributed by atoms with Gasteiger partial charge in [0.05, 0.1) is 23.4 Å². The molecule has 2 saturated heterocycles. The van der Waals surface area contributed by atoms with Crippen LogP contribution in [0.1, 0.15) is 55.4 Å². The third-order valence-electron chi connectivity index (χ3n) is 4.95. The molecule has 0 spiro atoms. The molecule has 2 rings (SSSR count). The third kappa shape index (κ3) is 2.44. The van der Waals surface area contributed by atoms with Crippen molar-refractivity contribution in [1.82, 2.24) is 0 Å². The molecule has 0 bridgehead atoms. The van der Waals surface area contributed by atoms with E-state index in [1.54, 1.807) is 0 Å². The molecular formula is C15H28O4. The Labute approximate surface area is 116 Å². The van der Waals surface area contributed by atoms with Gasteiger partial charge in [-0.25, -0.2) is 0 Å². The fraction of sp³-hybridized carbons (Fsp3) is 1.00. The van der Waals surface area contributed by atoms with Crippen molar-refractivity contribution < 1.29 is 18.9 Å². The maximum absolute atomic E-state index is 6.17. The van der Waals surface area contributed by atoms with Crippen LogP contribution in [0, 0.1) is 5.92 Å². The summed E-state index contributed by atoms with van der Waals surface area (Å²) in [4.78, 5) is 0. The van der Waals surface area contributed by atoms with Crippen molar-refractivity contribution in [2.45, 2.75) is 84.3 Å². The minimum absolute atomic E-state index is 0.253. The van der Waals surface area contributed by atoms with Crippen molar-refractivity contribution in [2.75, 3.05) is 6.61 Å². The van der Waals surface area contributed by atoms with E-state index in [1.165, 1.54) is 0 Å². The Balaban J connectivity index is 2.19. The highest BCUT2D eigenvalue weighted by Gasteiger charge is 2.58. The zero-order valence-electron chi connectivity index (χ0n) is 13.5. The molecule has 2 fully saturated rings. The lowest BCUT2D eigenvalue weighted by Crippen LogP contribution is -2.58. The maximum atomic E-state index is 6.17. The van der Waals surface area contributed by atoms with Gasteiger partial charge in [-0.3, -0.25) is 0 Å². The first-order valence-electron chi connectivity index (χ1n) is 7.09. The molecule has 4 heteroatoms. The smallest absolute Gasteiger partial charge is 0.218 e. The molecular weight excluding hydrogens is 244 g/mol. The molecule has 2 aliphatic rings. The summed E-state index contributed by atoms with van der Waals surface area (Å²) in [5.41, 5.74) is -1.00. The molecule has 4 nitrogen and oxygen atoms in total. The molecule has 0 aromatic heterocycles. The Kier molecular flexibility index (Phi) is 3.34. The van der Waals surface area contributed by atoms with E-state index >= 15 is 0 Å². The first-order valence-corrected chi connectivity index (χ1v) is 7.09. The highest BCUT2D eigenvalue weighted by molar-refractivity contribution is 4.98. The molecule has 0 aromatic carbocycles. The summed E-state index contributed by atoms with van der Waals surface area (Å²) in [5.74, 6) is -0.524. The highest BCUT2D eigenvalue weighted by atomic mass is 16.8. The van der Waals surface area contributed by atoms with E-state index in [1.807, 2.05) is 34.6 Å². The Morgan fingerprint density at radius 2 is 1.32 bits per heavy atom. The summed E-state index contributed by atoms with van der Waals surface area (Å²) in [7, 11) is 0. The SMILES string of the molecule is CC1COC(C)(C2OC(C)(C)C(C)(C)O2)OC1(C)C. The first kappa shape index (κ1) is 15.2. The van der Waals surface area contributed by atoms with Crippen LogP contribution in [0.15, 0.2) is 0 Å². The third-order valence-corrected chi connectivity index (χ3v) is 4.95. The van der Waals surface area contributed by atoms with Crippen LogP contribution in [-0.2, 0) is 18.9 Å². The molecule has 0 amide bonds. The minimum atomic E-state index is -0.860. The summed E-state index contributed by atoms with van der Waals surface area (Å²) < 4.78 is 24.2. The zero-order valence-corrected chi connectivity index (χ0v) is 13.5. The average Bonchev–Trinajstić information content (AvgIpc) is 2.43. The van der Waals surface area contributed by atoms with E-state index in [0.29, 0.717) is 12.5 Å². The van der Waals surface area contributed by atoms with Gasteiger partial charge in [0.15, 0.2) is 0 Å². The van der Waals surface area contributed by atoms with Crippen molar-refractivity contribution >= 4 is 0 Å². The van der Waals surface area contributed by atoms with Gasteiger partial charge in [0.1, 0.15) is 0 Å². The number of hydrogen-bond acceptors (Lipinski definition) is 4. The van der Waals surface area contributed by atoms with Crippen LogP contribution in [0.5, 0.6) is 0 Å². The summed E-state index contributed by atoms with van der Waals surface area (Å²) in [5, 5.41) is 0. The van der Waals surface area contributed by atoms with E-state index in [-0.39, 0.29) is 16.8 Å². The second-order valence-electron chi connectivity index (χ2n) is 7.52. The van der Waals surface area contributed by atoms with Crippen molar-refractivity contribution in [3.05, 3.63) is 0 Å². The first-order chi connectivity index (χ1) is 8.40. The van der Waals surface area contributed by atoms with E-state index < -0.39 is 12.1 Å². The van der Waals surface area contributed by atoms with Crippen LogP contribution in [0.3, 0.4) is 0 Å². The van der Waals surface area contributed by atoms with Gasteiger partial charge in [-0.2, -0.15) is 0 Å². The van der Waals surface area contributed by atoms with Crippen LogP contribution < -0.4 is 0 Å². The number of rotatable bonds is 1. The molecule has 2 aliphatic heterocycles. The molecule has 0 saturated carbocycles. The molecule has 2 unspecified atom stereocenters. The van der Waals surface area contributed by atoms with Crippen LogP contribution in [0.2, 0.25) is 0 Å². The Morgan fingerprint density at radius 1 is 0.842 bits per heavy atom. The van der Waals surface area contributed by atoms with E-state index in [0.717, 1.165) is 0 Å². The van der Waals surface area contributed by atoms with Gasteiger partial charge in [0, 0.05) is 5.92 Å². The second-order valence-corrected chi connectivity index (χ2v) is 7.52. The molecule has 0 aliphatic carbocycles. The lowest BCUT2D eigenvalue weighted by atomic mass is 9.90. The molecule has 2 heterocycles. The van der Waals surface area contributed by atoms with Crippen LogP contribution >= 0.6 is 0 Å². The Morgan fingerprint density at radius 3 is 1.74 bits per heavy atom. The van der Waals surface area contributed by atoms with Gasteiger partial charge in [0.2, 0.25) is 12.1 Å². The zero-order chi connectivity index (χ0) is 14.7. The second kappa shape index (κ2) is 4.17. The summed E-state index contributed by atoms with van der Waals surface area (Å²) in [6.07, 6.45) is -0.510. The lowest BCUT2D eigenvalue weighted by molar-refractivity contribution is -0.392. The molecule has 0 N–H and O–H groups in total. The van der Waals surface area contributed by atoms with Gasteiger partial charge < -0.3 is 18.9 Å². The Bertz CT molecular complexity index is 345.